The van der Waals surface area contributed by atoms with Crippen LogP contribution in [0.3, 0.4) is 0 Å². The summed E-state index contributed by atoms with van der Waals surface area (Å²) < 4.78 is 0. The summed E-state index contributed by atoms with van der Waals surface area (Å²) >= 11 is 0. The molecule has 334 valence electrons. The van der Waals surface area contributed by atoms with Crippen LogP contribution in [-0.4, -0.2) is 23.6 Å². The Morgan fingerprint density at radius 3 is 1.03 bits per heavy atom. The Morgan fingerprint density at radius 1 is 0.353 bits per heavy atom. The summed E-state index contributed by atoms with van der Waals surface area (Å²) in [4.78, 5) is 53.2. The molecule has 0 heterocycles. The molecule has 4 N–H and O–H groups in total. The largest absolute Gasteiger partial charge is 0.346 e. The van der Waals surface area contributed by atoms with E-state index >= 15 is 0 Å². The molecule has 68 heavy (non-hydrogen) atoms. The van der Waals surface area contributed by atoms with Crippen molar-refractivity contribution in [2.75, 3.05) is 10.6 Å². The topological polar surface area (TPSA) is 116 Å². The lowest BCUT2D eigenvalue weighted by molar-refractivity contribution is -0.115. The molecule has 9 aromatic rings. The summed E-state index contributed by atoms with van der Waals surface area (Å²) in [5.74, 6) is -0.928. The van der Waals surface area contributed by atoms with E-state index in [1.165, 1.54) is 13.8 Å². The van der Waals surface area contributed by atoms with E-state index in [1.807, 2.05) is 172 Å². The molecule has 0 spiro atoms. The van der Waals surface area contributed by atoms with Crippen LogP contribution < -0.4 is 21.3 Å². The number of hydrogen-bond acceptors (Lipinski definition) is 4. The molecule has 0 fully saturated rings. The minimum absolute atomic E-state index is 0.161. The van der Waals surface area contributed by atoms with E-state index < -0.39 is 0 Å². The number of anilines is 2. The van der Waals surface area contributed by atoms with Gasteiger partial charge < -0.3 is 21.3 Å². The first-order valence-corrected chi connectivity index (χ1v) is 22.7. The second-order valence-electron chi connectivity index (χ2n) is 17.1. The van der Waals surface area contributed by atoms with Gasteiger partial charge >= 0.3 is 0 Å². The quantitative estimate of drug-likeness (QED) is 0.0977. The third kappa shape index (κ3) is 9.26. The molecule has 0 aliphatic carbocycles. The number of rotatable bonds is 12. The van der Waals surface area contributed by atoms with E-state index in [-0.39, 0.29) is 35.7 Å². The number of amides is 4. The number of hydrogen-bond donors (Lipinski definition) is 4. The molecule has 0 unspecified atom stereocenters. The van der Waals surface area contributed by atoms with Gasteiger partial charge in [-0.15, -0.1) is 0 Å². The van der Waals surface area contributed by atoms with Crippen LogP contribution in [0.2, 0.25) is 0 Å². The third-order valence-electron chi connectivity index (χ3n) is 12.4. The minimum atomic E-state index is -0.299. The SMILES string of the molecule is CC(=O)Nc1c(-c2cccc3cccc(-c4ccc(C(=O)N[C@H](C)c5ccccc5)cc4)c23)ccc(-c2cccc3cccc(-c4ccc(C(=O)N[C@H](C)c5ccccc5)cc4)c23)c1NC(C)=O. The van der Waals surface area contributed by atoms with E-state index in [0.29, 0.717) is 33.6 Å². The first-order valence-electron chi connectivity index (χ1n) is 22.7. The van der Waals surface area contributed by atoms with Crippen molar-refractivity contribution in [3.05, 3.63) is 216 Å². The predicted molar refractivity (Wildman–Crippen MR) is 276 cm³/mol. The van der Waals surface area contributed by atoms with Gasteiger partial charge in [-0.25, -0.2) is 0 Å². The standard InChI is InChI=1S/C60H50N4O4/c1-37(41-15-7-5-8-16-41)61-59(67)47-31-27-43(28-32-47)49-23-11-19-45-21-13-25-51(55(45)49)53-35-36-54(58(64-40(4)66)57(53)63-39(3)65)52-26-14-22-46-20-12-24-50(56(46)52)44-29-33-48(34-30-44)60(68)62-38(2)42-17-9-6-10-18-42/h5-38H,1-4H3,(H,61,67)(H,62,68)(H,63,65)(H,64,66)/t37-,38-/m1/s1. The molecule has 0 bridgehead atoms. The molecule has 0 aliphatic heterocycles. The molecular weight excluding hydrogens is 841 g/mol. The number of carbonyl (C=O) groups is 4. The Hall–Kier alpha value is -8.62. The lowest BCUT2D eigenvalue weighted by atomic mass is 9.87. The van der Waals surface area contributed by atoms with Gasteiger partial charge in [0.25, 0.3) is 11.8 Å². The van der Waals surface area contributed by atoms with E-state index in [1.54, 1.807) is 0 Å². The lowest BCUT2D eigenvalue weighted by Crippen LogP contribution is -2.26. The van der Waals surface area contributed by atoms with Gasteiger partial charge in [-0.1, -0.05) is 170 Å². The second-order valence-corrected chi connectivity index (χ2v) is 17.1. The molecule has 0 aromatic heterocycles. The van der Waals surface area contributed by atoms with Gasteiger partial charge in [-0.3, -0.25) is 19.2 Å². The normalized spacial score (nSPS) is 11.9. The Balaban J connectivity index is 1.12. The molecule has 0 aliphatic rings. The average Bonchev–Trinajstić information content (AvgIpc) is 3.36. The van der Waals surface area contributed by atoms with E-state index in [4.69, 9.17) is 0 Å². The first kappa shape index (κ1) is 44.6. The van der Waals surface area contributed by atoms with Crippen LogP contribution in [0, 0.1) is 0 Å². The van der Waals surface area contributed by atoms with Crippen LogP contribution in [0.25, 0.3) is 66.1 Å². The van der Waals surface area contributed by atoms with Crippen molar-refractivity contribution in [2.24, 2.45) is 0 Å². The maximum atomic E-state index is 13.4. The Labute approximate surface area is 396 Å². The zero-order valence-corrected chi connectivity index (χ0v) is 38.3. The van der Waals surface area contributed by atoms with Gasteiger partial charge in [-0.05, 0) is 104 Å². The summed E-state index contributed by atoms with van der Waals surface area (Å²) in [6.07, 6.45) is 0. The average molecular weight is 891 g/mol. The number of nitrogens with one attached hydrogen (secondary N) is 4. The molecule has 0 saturated heterocycles. The number of carbonyl (C=O) groups excluding carboxylic acids is 4. The highest BCUT2D eigenvalue weighted by Crippen LogP contribution is 2.47. The van der Waals surface area contributed by atoms with Gasteiger partial charge in [0, 0.05) is 36.1 Å². The third-order valence-corrected chi connectivity index (χ3v) is 12.4. The van der Waals surface area contributed by atoms with Gasteiger partial charge in [0.05, 0.1) is 23.5 Å². The van der Waals surface area contributed by atoms with Crippen LogP contribution in [0.1, 0.15) is 71.6 Å². The van der Waals surface area contributed by atoms with Crippen molar-refractivity contribution < 1.29 is 19.2 Å². The fraction of sp³-hybridized carbons (Fsp3) is 0.100. The van der Waals surface area contributed by atoms with Gasteiger partial charge in [0.15, 0.2) is 0 Å². The van der Waals surface area contributed by atoms with Gasteiger partial charge in [0.1, 0.15) is 0 Å². The number of fused-ring (bicyclic) bond motifs is 2. The zero-order chi connectivity index (χ0) is 47.3. The predicted octanol–water partition coefficient (Wildman–Crippen LogP) is 13.6. The van der Waals surface area contributed by atoms with Crippen LogP contribution >= 0.6 is 0 Å². The van der Waals surface area contributed by atoms with E-state index in [9.17, 15) is 19.2 Å². The van der Waals surface area contributed by atoms with Gasteiger partial charge in [0.2, 0.25) is 11.8 Å². The molecular formula is C60H50N4O4. The fourth-order valence-electron chi connectivity index (χ4n) is 9.09. The van der Waals surface area contributed by atoms with Crippen LogP contribution in [0.4, 0.5) is 11.4 Å². The molecule has 0 radical (unpaired) electrons. The highest BCUT2D eigenvalue weighted by Gasteiger charge is 2.23. The van der Waals surface area contributed by atoms with Crippen molar-refractivity contribution in [3.8, 4) is 44.5 Å². The Morgan fingerprint density at radius 2 is 0.691 bits per heavy atom. The summed E-state index contributed by atoms with van der Waals surface area (Å²) in [5, 5.41) is 16.3. The fourth-order valence-corrected chi connectivity index (χ4v) is 9.09. The van der Waals surface area contributed by atoms with Crippen LogP contribution in [0.15, 0.2) is 194 Å². The molecule has 9 rings (SSSR count). The monoisotopic (exact) mass is 890 g/mol. The van der Waals surface area contributed by atoms with E-state index in [0.717, 1.165) is 66.1 Å². The molecule has 8 nitrogen and oxygen atoms in total. The van der Waals surface area contributed by atoms with Gasteiger partial charge in [-0.2, -0.15) is 0 Å². The Kier molecular flexibility index (Phi) is 12.8. The lowest BCUT2D eigenvalue weighted by Gasteiger charge is -2.22. The highest BCUT2D eigenvalue weighted by atomic mass is 16.2. The van der Waals surface area contributed by atoms with Crippen molar-refractivity contribution in [1.82, 2.24) is 10.6 Å². The molecule has 0 saturated carbocycles. The summed E-state index contributed by atoms with van der Waals surface area (Å²) in [7, 11) is 0. The second kappa shape index (κ2) is 19.5. The summed E-state index contributed by atoms with van der Waals surface area (Å²) in [6, 6.07) is 63.0. The van der Waals surface area contributed by atoms with E-state index in [2.05, 4.69) is 57.7 Å². The first-order chi connectivity index (χ1) is 33.0. The molecule has 4 amide bonds. The van der Waals surface area contributed by atoms with Crippen molar-refractivity contribution in [3.63, 3.8) is 0 Å². The zero-order valence-electron chi connectivity index (χ0n) is 38.3. The summed E-state index contributed by atoms with van der Waals surface area (Å²) in [5.41, 5.74) is 10.9. The number of benzene rings is 9. The molecule has 2 atom stereocenters. The maximum absolute atomic E-state index is 13.4. The molecule has 8 heteroatoms. The van der Waals surface area contributed by atoms with Crippen molar-refractivity contribution in [2.45, 2.75) is 39.8 Å². The minimum Gasteiger partial charge on any atom is -0.346 e. The Bertz CT molecular complexity index is 3110. The highest BCUT2D eigenvalue weighted by molar-refractivity contribution is 6.16. The summed E-state index contributed by atoms with van der Waals surface area (Å²) in [6.45, 7) is 6.86. The van der Waals surface area contributed by atoms with Crippen molar-refractivity contribution in [1.29, 1.82) is 0 Å². The molecule has 9 aromatic carbocycles. The van der Waals surface area contributed by atoms with Crippen LogP contribution in [0.5, 0.6) is 0 Å². The maximum Gasteiger partial charge on any atom is 0.251 e. The van der Waals surface area contributed by atoms with Crippen LogP contribution in [-0.2, 0) is 9.59 Å². The smallest absolute Gasteiger partial charge is 0.251 e. The van der Waals surface area contributed by atoms with Crippen molar-refractivity contribution >= 4 is 56.5 Å².